The van der Waals surface area contributed by atoms with Gasteiger partial charge in [-0.15, -0.1) is 0 Å². The van der Waals surface area contributed by atoms with E-state index in [1.165, 1.54) is 4.90 Å². The summed E-state index contributed by atoms with van der Waals surface area (Å²) in [4.78, 5) is 30.3. The highest BCUT2D eigenvalue weighted by Crippen LogP contribution is 2.26. The number of ether oxygens (including phenoxy) is 1. The molecule has 0 radical (unpaired) electrons. The number of pyridine rings is 1. The van der Waals surface area contributed by atoms with Crippen LogP contribution in [0.15, 0.2) is 54.6 Å². The first-order valence-electron chi connectivity index (χ1n) is 7.98. The molecule has 0 aliphatic rings. The van der Waals surface area contributed by atoms with E-state index < -0.39 is 5.97 Å². The first-order chi connectivity index (χ1) is 12.5. The molecule has 0 aliphatic carbocycles. The number of likely N-dealkylation sites (N-methyl/N-ethyl adjacent to an activating group) is 1. The van der Waals surface area contributed by atoms with Gasteiger partial charge in [0.25, 0.3) is 5.91 Å². The Balaban J connectivity index is 2.01. The quantitative estimate of drug-likeness (QED) is 0.657. The van der Waals surface area contributed by atoms with E-state index in [9.17, 15) is 9.59 Å². The Labute approximate surface area is 156 Å². The summed E-state index contributed by atoms with van der Waals surface area (Å²) in [5.41, 5.74) is 2.50. The molecule has 0 aliphatic heterocycles. The third kappa shape index (κ3) is 3.83. The lowest BCUT2D eigenvalue weighted by atomic mass is 10.0. The molecule has 0 saturated heterocycles. The van der Waals surface area contributed by atoms with Crippen LogP contribution in [0.4, 0.5) is 0 Å². The molecule has 3 aromatic rings. The van der Waals surface area contributed by atoms with Gasteiger partial charge in [0.05, 0.1) is 16.8 Å². The van der Waals surface area contributed by atoms with Gasteiger partial charge in [0.1, 0.15) is 0 Å². The standard InChI is InChI=1S/C20H17ClN2O3/c1-23(2)19(24)12-26-20(25)16-11-18(13-7-9-14(21)10-8-13)22-17-6-4-3-5-15(16)17/h3-11H,12H2,1-2H3. The van der Waals surface area contributed by atoms with Crippen molar-refractivity contribution < 1.29 is 14.3 Å². The number of esters is 1. The highest BCUT2D eigenvalue weighted by molar-refractivity contribution is 6.30. The van der Waals surface area contributed by atoms with Crippen molar-refractivity contribution in [1.82, 2.24) is 9.88 Å². The number of fused-ring (bicyclic) bond motifs is 1. The van der Waals surface area contributed by atoms with Crippen LogP contribution in [0.1, 0.15) is 10.4 Å². The predicted molar refractivity (Wildman–Crippen MR) is 101 cm³/mol. The summed E-state index contributed by atoms with van der Waals surface area (Å²) in [5, 5.41) is 1.30. The van der Waals surface area contributed by atoms with Crippen LogP contribution >= 0.6 is 11.6 Å². The second kappa shape index (κ2) is 7.54. The molecule has 5 nitrogen and oxygen atoms in total. The van der Waals surface area contributed by atoms with Crippen LogP contribution in [-0.4, -0.2) is 42.5 Å². The maximum absolute atomic E-state index is 12.6. The Morgan fingerprint density at radius 3 is 2.46 bits per heavy atom. The minimum Gasteiger partial charge on any atom is -0.452 e. The molecule has 2 aromatic carbocycles. The molecule has 1 aromatic heterocycles. The van der Waals surface area contributed by atoms with Gasteiger partial charge in [-0.25, -0.2) is 9.78 Å². The minimum atomic E-state index is -0.561. The molecule has 1 amide bonds. The van der Waals surface area contributed by atoms with Gasteiger partial charge in [-0.05, 0) is 24.3 Å². The van der Waals surface area contributed by atoms with Gasteiger partial charge in [-0.2, -0.15) is 0 Å². The molecule has 26 heavy (non-hydrogen) atoms. The molecule has 0 spiro atoms. The van der Waals surface area contributed by atoms with Gasteiger partial charge in [0, 0.05) is 30.1 Å². The molecule has 1 heterocycles. The highest BCUT2D eigenvalue weighted by atomic mass is 35.5. The fraction of sp³-hybridized carbons (Fsp3) is 0.150. The third-order valence-electron chi connectivity index (χ3n) is 3.90. The van der Waals surface area contributed by atoms with Crippen LogP contribution in [0.3, 0.4) is 0 Å². The lowest BCUT2D eigenvalue weighted by Crippen LogP contribution is -2.27. The van der Waals surface area contributed by atoms with Crippen LogP contribution in [0.2, 0.25) is 5.02 Å². The molecule has 6 heteroatoms. The van der Waals surface area contributed by atoms with E-state index in [4.69, 9.17) is 16.3 Å². The Kier molecular flexibility index (Phi) is 5.19. The number of carbonyl (C=O) groups is 2. The molecule has 0 N–H and O–H groups in total. The van der Waals surface area contributed by atoms with Crippen LogP contribution in [0.5, 0.6) is 0 Å². The molecule has 3 rings (SSSR count). The Morgan fingerprint density at radius 1 is 1.08 bits per heavy atom. The molecule has 0 saturated carbocycles. The molecule has 0 unspecified atom stereocenters. The fourth-order valence-corrected chi connectivity index (χ4v) is 2.57. The number of aromatic nitrogens is 1. The smallest absolute Gasteiger partial charge is 0.339 e. The maximum Gasteiger partial charge on any atom is 0.339 e. The molecule has 0 fully saturated rings. The number of para-hydroxylation sites is 1. The first-order valence-corrected chi connectivity index (χ1v) is 8.36. The van der Waals surface area contributed by atoms with E-state index in [-0.39, 0.29) is 12.5 Å². The number of halogens is 1. The van der Waals surface area contributed by atoms with Gasteiger partial charge in [0.15, 0.2) is 6.61 Å². The maximum atomic E-state index is 12.6. The van der Waals surface area contributed by atoms with Gasteiger partial charge < -0.3 is 9.64 Å². The average Bonchev–Trinajstić information content (AvgIpc) is 2.65. The molecule has 0 atom stereocenters. The van der Waals surface area contributed by atoms with Gasteiger partial charge in [-0.1, -0.05) is 41.9 Å². The van der Waals surface area contributed by atoms with E-state index in [1.807, 2.05) is 30.3 Å². The first kappa shape index (κ1) is 17.9. The van der Waals surface area contributed by atoms with Gasteiger partial charge >= 0.3 is 5.97 Å². The van der Waals surface area contributed by atoms with Crippen molar-refractivity contribution >= 4 is 34.4 Å². The predicted octanol–water partition coefficient (Wildman–Crippen LogP) is 3.80. The summed E-state index contributed by atoms with van der Waals surface area (Å²) in [6, 6.07) is 16.2. The Hall–Kier alpha value is -2.92. The second-order valence-corrected chi connectivity index (χ2v) is 6.38. The van der Waals surface area contributed by atoms with Crippen molar-refractivity contribution in [3.63, 3.8) is 0 Å². The zero-order valence-electron chi connectivity index (χ0n) is 14.4. The van der Waals surface area contributed by atoms with Crippen LogP contribution in [0.25, 0.3) is 22.2 Å². The van der Waals surface area contributed by atoms with Gasteiger partial charge in [0.2, 0.25) is 0 Å². The van der Waals surface area contributed by atoms with Gasteiger partial charge in [-0.3, -0.25) is 4.79 Å². The van der Waals surface area contributed by atoms with E-state index >= 15 is 0 Å². The van der Waals surface area contributed by atoms with E-state index in [1.54, 1.807) is 38.4 Å². The van der Waals surface area contributed by atoms with Crippen LogP contribution < -0.4 is 0 Å². The zero-order valence-corrected chi connectivity index (χ0v) is 15.2. The highest BCUT2D eigenvalue weighted by Gasteiger charge is 2.17. The number of carbonyl (C=O) groups excluding carboxylic acids is 2. The van der Waals surface area contributed by atoms with Crippen molar-refractivity contribution in [3.05, 3.63) is 65.2 Å². The molecular weight excluding hydrogens is 352 g/mol. The third-order valence-corrected chi connectivity index (χ3v) is 4.15. The second-order valence-electron chi connectivity index (χ2n) is 5.94. The molecule has 132 valence electrons. The number of nitrogens with zero attached hydrogens (tertiary/aromatic N) is 2. The molecule has 0 bridgehead atoms. The normalized spacial score (nSPS) is 10.6. The summed E-state index contributed by atoms with van der Waals surface area (Å²) >= 11 is 5.94. The average molecular weight is 369 g/mol. The van der Waals surface area contributed by atoms with E-state index in [0.717, 1.165) is 5.56 Å². The molecular formula is C20H17ClN2O3. The Bertz CT molecular complexity index is 968. The minimum absolute atomic E-state index is 0.283. The zero-order chi connectivity index (χ0) is 18.7. The summed E-state index contributed by atoms with van der Waals surface area (Å²) in [6.07, 6.45) is 0. The van der Waals surface area contributed by atoms with Crippen LogP contribution in [-0.2, 0) is 9.53 Å². The SMILES string of the molecule is CN(C)C(=O)COC(=O)c1cc(-c2ccc(Cl)cc2)nc2ccccc12. The number of benzene rings is 2. The van der Waals surface area contributed by atoms with E-state index in [2.05, 4.69) is 4.98 Å². The number of hydrogen-bond donors (Lipinski definition) is 0. The summed E-state index contributed by atoms with van der Waals surface area (Å²) in [7, 11) is 3.22. The monoisotopic (exact) mass is 368 g/mol. The van der Waals surface area contributed by atoms with Crippen molar-refractivity contribution in [2.75, 3.05) is 20.7 Å². The fourth-order valence-electron chi connectivity index (χ4n) is 2.45. The largest absolute Gasteiger partial charge is 0.452 e. The topological polar surface area (TPSA) is 59.5 Å². The number of amides is 1. The Morgan fingerprint density at radius 2 is 1.77 bits per heavy atom. The van der Waals surface area contributed by atoms with E-state index in [0.29, 0.717) is 27.2 Å². The van der Waals surface area contributed by atoms with Crippen molar-refractivity contribution in [2.45, 2.75) is 0 Å². The van der Waals surface area contributed by atoms with Crippen molar-refractivity contribution in [2.24, 2.45) is 0 Å². The number of hydrogen-bond acceptors (Lipinski definition) is 4. The van der Waals surface area contributed by atoms with Crippen LogP contribution in [0, 0.1) is 0 Å². The van der Waals surface area contributed by atoms with Crippen molar-refractivity contribution in [3.8, 4) is 11.3 Å². The summed E-state index contributed by atoms with van der Waals surface area (Å²) < 4.78 is 5.19. The summed E-state index contributed by atoms with van der Waals surface area (Å²) in [6.45, 7) is -0.307. The lowest BCUT2D eigenvalue weighted by molar-refractivity contribution is -0.131. The lowest BCUT2D eigenvalue weighted by Gasteiger charge is -2.12. The van der Waals surface area contributed by atoms with Crippen molar-refractivity contribution in [1.29, 1.82) is 0 Å². The number of rotatable bonds is 4. The summed E-state index contributed by atoms with van der Waals surface area (Å²) in [5.74, 6) is -0.844.